The highest BCUT2D eigenvalue weighted by Gasteiger charge is 2.42. The lowest BCUT2D eigenvalue weighted by molar-refractivity contribution is -0.174. The van der Waals surface area contributed by atoms with Crippen LogP contribution in [-0.2, 0) is 31.2 Å². The van der Waals surface area contributed by atoms with Gasteiger partial charge in [-0.3, -0.25) is 14.9 Å². The third-order valence-electron chi connectivity index (χ3n) is 4.85. The number of aliphatic carboxylic acids is 2. The highest BCUT2D eigenvalue weighted by Crippen LogP contribution is 2.24. The van der Waals surface area contributed by atoms with Gasteiger partial charge in [0.15, 0.2) is 11.8 Å². The maximum absolute atomic E-state index is 12.5. The predicted octanol–water partition coefficient (Wildman–Crippen LogP) is 2.00. The first-order chi connectivity index (χ1) is 14.9. The summed E-state index contributed by atoms with van der Waals surface area (Å²) < 4.78 is 7.20. The van der Waals surface area contributed by atoms with E-state index in [-0.39, 0.29) is 0 Å². The van der Waals surface area contributed by atoms with Crippen molar-refractivity contribution in [3.05, 3.63) is 53.6 Å². The van der Waals surface area contributed by atoms with Crippen molar-refractivity contribution in [1.29, 1.82) is 0 Å². The number of aryl methyl sites for hydroxylation is 1. The number of hydrogen-bond acceptors (Lipinski definition) is 7. The molecule has 2 rings (SSSR count). The van der Waals surface area contributed by atoms with Gasteiger partial charge in [0.25, 0.3) is 0 Å². The minimum Gasteiger partial charge on any atom is -0.481 e. The maximum Gasteiger partial charge on any atom is 0.336 e. The number of carboxylic acid groups (broad SMARTS) is 2. The number of ether oxygens (including phenoxy) is 1. The van der Waals surface area contributed by atoms with Gasteiger partial charge in [0.1, 0.15) is 0 Å². The first-order valence-electron chi connectivity index (χ1n) is 9.78. The number of halogens is 1. The van der Waals surface area contributed by atoms with Crippen LogP contribution in [-0.4, -0.2) is 54.6 Å². The Morgan fingerprint density at radius 2 is 1.84 bits per heavy atom. The molecule has 1 aromatic carbocycles. The van der Waals surface area contributed by atoms with E-state index in [9.17, 15) is 24.6 Å². The molecule has 0 aliphatic rings. The molecule has 0 amide bonds. The molecule has 2 aromatic rings. The van der Waals surface area contributed by atoms with Crippen LogP contribution in [0.1, 0.15) is 38.7 Å². The van der Waals surface area contributed by atoms with Gasteiger partial charge in [-0.1, -0.05) is 23.7 Å². The van der Waals surface area contributed by atoms with Crippen molar-refractivity contribution in [1.82, 2.24) is 14.9 Å². The number of nitrogens with one attached hydrogen (secondary N) is 1. The number of carbonyl (C=O) groups is 3. The van der Waals surface area contributed by atoms with Crippen LogP contribution in [0.2, 0.25) is 5.02 Å². The van der Waals surface area contributed by atoms with E-state index in [1.54, 1.807) is 35.4 Å². The van der Waals surface area contributed by atoms with Gasteiger partial charge in [-0.05, 0) is 31.5 Å². The smallest absolute Gasteiger partial charge is 0.336 e. The van der Waals surface area contributed by atoms with Crippen LogP contribution in [0.25, 0.3) is 0 Å². The van der Waals surface area contributed by atoms with Gasteiger partial charge in [-0.15, -0.1) is 0 Å². The number of carboxylic acids is 2. The summed E-state index contributed by atoms with van der Waals surface area (Å²) in [6.45, 7) is 4.17. The lowest BCUT2D eigenvalue weighted by Crippen LogP contribution is -2.48. The topological polar surface area (TPSA) is 151 Å². The van der Waals surface area contributed by atoms with E-state index in [4.69, 9.17) is 21.4 Å². The molecule has 0 aliphatic heterocycles. The summed E-state index contributed by atoms with van der Waals surface area (Å²) in [5.41, 5.74) is -2.59. The lowest BCUT2D eigenvalue weighted by atomic mass is 9.94. The molecule has 174 valence electrons. The molecule has 0 bridgehead atoms. The molecule has 0 aliphatic carbocycles. The zero-order valence-corrected chi connectivity index (χ0v) is 18.5. The standard InChI is InChI=1S/C21H26ClN3O7/c1-20(2,14-3-5-15(22)6-4-14)24-16(7-9-25-10-8-23-13-25)32-18(28)12-21(31,19(29)30)11-17(26)27/h3-6,8,10,13,16,24,31H,7,9,11-12H2,1-2H3,(H,26,27)(H,29,30). The molecular weight excluding hydrogens is 442 g/mol. The van der Waals surface area contributed by atoms with Gasteiger partial charge in [-0.2, -0.15) is 0 Å². The number of aliphatic hydroxyl groups is 1. The highest BCUT2D eigenvalue weighted by molar-refractivity contribution is 6.30. The molecule has 0 spiro atoms. The summed E-state index contributed by atoms with van der Waals surface area (Å²) in [6.07, 6.45) is 2.20. The summed E-state index contributed by atoms with van der Waals surface area (Å²) in [6, 6.07) is 7.09. The second-order valence-electron chi connectivity index (χ2n) is 7.93. The highest BCUT2D eigenvalue weighted by atomic mass is 35.5. The third kappa shape index (κ3) is 7.33. The molecule has 0 saturated heterocycles. The van der Waals surface area contributed by atoms with Crippen molar-refractivity contribution in [2.45, 2.75) is 57.0 Å². The number of rotatable bonds is 12. The second kappa shape index (κ2) is 10.6. The van der Waals surface area contributed by atoms with Crippen LogP contribution < -0.4 is 5.32 Å². The van der Waals surface area contributed by atoms with E-state index in [0.29, 0.717) is 18.0 Å². The SMILES string of the molecule is CC(C)(NC(CCn1ccnc1)OC(=O)CC(O)(CC(=O)O)C(=O)O)c1ccc(Cl)cc1. The Balaban J connectivity index is 2.16. The minimum absolute atomic E-state index is 0.295. The Morgan fingerprint density at radius 1 is 1.19 bits per heavy atom. The Hall–Kier alpha value is -2.95. The van der Waals surface area contributed by atoms with Gasteiger partial charge >= 0.3 is 17.9 Å². The van der Waals surface area contributed by atoms with Gasteiger partial charge in [0.2, 0.25) is 0 Å². The van der Waals surface area contributed by atoms with Gasteiger partial charge in [0.05, 0.1) is 19.2 Å². The normalized spacial score (nSPS) is 14.4. The van der Waals surface area contributed by atoms with E-state index in [1.807, 2.05) is 26.0 Å². The van der Waals surface area contributed by atoms with Crippen molar-refractivity contribution < 1.29 is 34.4 Å². The number of nitrogens with zero attached hydrogens (tertiary/aromatic N) is 2. The van der Waals surface area contributed by atoms with Crippen LogP contribution in [0.5, 0.6) is 0 Å². The van der Waals surface area contributed by atoms with Crippen molar-refractivity contribution in [3.8, 4) is 0 Å². The lowest BCUT2D eigenvalue weighted by Gasteiger charge is -2.33. The van der Waals surface area contributed by atoms with E-state index in [0.717, 1.165) is 5.56 Å². The molecule has 2 unspecified atom stereocenters. The number of aromatic nitrogens is 2. The Labute approximate surface area is 189 Å². The molecule has 0 radical (unpaired) electrons. The van der Waals surface area contributed by atoms with Crippen LogP contribution in [0, 0.1) is 0 Å². The molecule has 32 heavy (non-hydrogen) atoms. The van der Waals surface area contributed by atoms with E-state index in [1.165, 1.54) is 0 Å². The fraction of sp³-hybridized carbons (Fsp3) is 0.429. The molecule has 2 atom stereocenters. The number of benzene rings is 1. The van der Waals surface area contributed by atoms with Crippen molar-refractivity contribution >= 4 is 29.5 Å². The summed E-state index contributed by atoms with van der Waals surface area (Å²) >= 11 is 5.95. The van der Waals surface area contributed by atoms with Crippen LogP contribution in [0.15, 0.2) is 43.0 Å². The predicted molar refractivity (Wildman–Crippen MR) is 114 cm³/mol. The second-order valence-corrected chi connectivity index (χ2v) is 8.36. The third-order valence-corrected chi connectivity index (χ3v) is 5.10. The quantitative estimate of drug-likeness (QED) is 0.271. The Kier molecular flexibility index (Phi) is 8.37. The van der Waals surface area contributed by atoms with Crippen LogP contribution >= 0.6 is 11.6 Å². The van der Waals surface area contributed by atoms with Gasteiger partial charge < -0.3 is 24.6 Å². The fourth-order valence-electron chi connectivity index (χ4n) is 3.10. The average Bonchev–Trinajstić information content (AvgIpc) is 3.19. The largest absolute Gasteiger partial charge is 0.481 e. The maximum atomic E-state index is 12.5. The molecule has 1 aromatic heterocycles. The van der Waals surface area contributed by atoms with Crippen LogP contribution in [0.4, 0.5) is 0 Å². The number of esters is 1. The zero-order valence-electron chi connectivity index (χ0n) is 17.7. The molecule has 0 saturated carbocycles. The first-order valence-corrected chi connectivity index (χ1v) is 10.2. The van der Waals surface area contributed by atoms with Crippen molar-refractivity contribution in [3.63, 3.8) is 0 Å². The van der Waals surface area contributed by atoms with Crippen molar-refractivity contribution in [2.24, 2.45) is 0 Å². The summed E-state index contributed by atoms with van der Waals surface area (Å²) in [5, 5.41) is 32.0. The number of carbonyl (C=O) groups excluding carboxylic acids is 1. The molecular formula is C21H26ClN3O7. The Bertz CT molecular complexity index is 931. The molecule has 11 heteroatoms. The first kappa shape index (κ1) is 25.3. The minimum atomic E-state index is -2.77. The summed E-state index contributed by atoms with van der Waals surface area (Å²) in [4.78, 5) is 38.7. The summed E-state index contributed by atoms with van der Waals surface area (Å²) in [7, 11) is 0. The average molecular weight is 468 g/mol. The monoisotopic (exact) mass is 467 g/mol. The van der Waals surface area contributed by atoms with E-state index >= 15 is 0 Å². The molecule has 1 heterocycles. The van der Waals surface area contributed by atoms with Crippen molar-refractivity contribution in [2.75, 3.05) is 0 Å². The van der Waals surface area contributed by atoms with E-state index in [2.05, 4.69) is 10.3 Å². The zero-order chi connectivity index (χ0) is 23.9. The van der Waals surface area contributed by atoms with Gasteiger partial charge in [0, 0.05) is 35.9 Å². The molecule has 4 N–H and O–H groups in total. The number of imidazole rings is 1. The van der Waals surface area contributed by atoms with E-state index < -0.39 is 48.1 Å². The molecule has 0 fully saturated rings. The fourth-order valence-corrected chi connectivity index (χ4v) is 3.23. The van der Waals surface area contributed by atoms with Crippen LogP contribution in [0.3, 0.4) is 0 Å². The Morgan fingerprint density at radius 3 is 2.38 bits per heavy atom. The summed E-state index contributed by atoms with van der Waals surface area (Å²) in [5.74, 6) is -4.42. The van der Waals surface area contributed by atoms with Gasteiger partial charge in [-0.25, -0.2) is 9.78 Å². The number of hydrogen-bond donors (Lipinski definition) is 4. The molecule has 10 nitrogen and oxygen atoms in total.